The Morgan fingerprint density at radius 2 is 1.85 bits per heavy atom. The first-order valence-corrected chi connectivity index (χ1v) is 10.4. The molecule has 0 fully saturated rings. The Bertz CT molecular complexity index is 1090. The molecule has 0 spiro atoms. The maximum Gasteiger partial charge on any atom is 0.399 e. The molecule has 0 atom stereocenters. The second kappa shape index (κ2) is 10.6. The van der Waals surface area contributed by atoms with Crippen LogP contribution in [0.2, 0.25) is 0 Å². The summed E-state index contributed by atoms with van der Waals surface area (Å²) in [4.78, 5) is 25.4. The van der Waals surface area contributed by atoms with Gasteiger partial charge in [0.05, 0.1) is 14.2 Å². The van der Waals surface area contributed by atoms with Crippen molar-refractivity contribution in [2.45, 2.75) is 26.7 Å². The number of aryl methyl sites for hydroxylation is 1. The van der Waals surface area contributed by atoms with Gasteiger partial charge in [-0.05, 0) is 30.0 Å². The fourth-order valence-electron chi connectivity index (χ4n) is 2.85. The van der Waals surface area contributed by atoms with Crippen LogP contribution in [0.4, 0.5) is 11.6 Å². The standard InChI is InChI=1S/C22H28N6O5/c1-12(2)14-7-6-13(3)16(10-14)33-22-25-15(11-32-22)18(29)26-17-19(30-4)27-21(24-9-8-23)28-20(17)31-5/h6-7,10-12H,8-9,23H2,1-5H3,(H,26,29)(H,24,27,28). The third kappa shape index (κ3) is 5.69. The van der Waals surface area contributed by atoms with E-state index in [1.807, 2.05) is 25.1 Å². The molecule has 3 aromatic rings. The van der Waals surface area contributed by atoms with Crippen molar-refractivity contribution in [3.05, 3.63) is 41.3 Å². The van der Waals surface area contributed by atoms with Crippen LogP contribution in [-0.4, -0.2) is 48.2 Å². The first-order valence-electron chi connectivity index (χ1n) is 10.4. The molecule has 1 aromatic carbocycles. The second-order valence-electron chi connectivity index (χ2n) is 7.39. The Hall–Kier alpha value is -3.86. The van der Waals surface area contributed by atoms with Gasteiger partial charge in [0.2, 0.25) is 17.7 Å². The summed E-state index contributed by atoms with van der Waals surface area (Å²) in [5.41, 5.74) is 7.67. The Morgan fingerprint density at radius 3 is 2.45 bits per heavy atom. The molecule has 0 aliphatic carbocycles. The van der Waals surface area contributed by atoms with Crippen LogP contribution in [0, 0.1) is 6.92 Å². The van der Waals surface area contributed by atoms with Crippen LogP contribution in [0.25, 0.3) is 0 Å². The summed E-state index contributed by atoms with van der Waals surface area (Å²) in [5, 5.41) is 5.58. The molecule has 0 radical (unpaired) electrons. The highest BCUT2D eigenvalue weighted by Crippen LogP contribution is 2.33. The predicted octanol–water partition coefficient (Wildman–Crippen LogP) is 3.33. The van der Waals surface area contributed by atoms with E-state index < -0.39 is 5.91 Å². The normalized spacial score (nSPS) is 10.8. The summed E-state index contributed by atoms with van der Waals surface area (Å²) in [6.07, 6.45) is 1.14. The van der Waals surface area contributed by atoms with Crippen molar-refractivity contribution in [3.63, 3.8) is 0 Å². The second-order valence-corrected chi connectivity index (χ2v) is 7.39. The highest BCUT2D eigenvalue weighted by molar-refractivity contribution is 6.04. The number of amides is 1. The van der Waals surface area contributed by atoms with Crippen LogP contribution in [0.5, 0.6) is 23.6 Å². The van der Waals surface area contributed by atoms with Crippen molar-refractivity contribution in [1.29, 1.82) is 0 Å². The summed E-state index contributed by atoms with van der Waals surface area (Å²) in [6, 6.07) is 5.93. The zero-order valence-corrected chi connectivity index (χ0v) is 19.3. The van der Waals surface area contributed by atoms with Crippen LogP contribution >= 0.6 is 0 Å². The first kappa shape index (κ1) is 23.8. The van der Waals surface area contributed by atoms with E-state index in [-0.39, 0.29) is 35.2 Å². The number of oxazole rings is 1. The van der Waals surface area contributed by atoms with Gasteiger partial charge in [0.15, 0.2) is 11.4 Å². The number of aromatic nitrogens is 3. The van der Waals surface area contributed by atoms with Gasteiger partial charge in [-0.3, -0.25) is 4.79 Å². The summed E-state index contributed by atoms with van der Waals surface area (Å²) < 4.78 is 21.7. The number of hydrogen-bond acceptors (Lipinski definition) is 10. The molecule has 2 heterocycles. The number of carbonyl (C=O) groups excluding carboxylic acids is 1. The molecule has 0 aliphatic rings. The smallest absolute Gasteiger partial charge is 0.399 e. The van der Waals surface area contributed by atoms with E-state index >= 15 is 0 Å². The summed E-state index contributed by atoms with van der Waals surface area (Å²) in [7, 11) is 2.83. The van der Waals surface area contributed by atoms with E-state index in [1.165, 1.54) is 20.5 Å². The number of nitrogens with one attached hydrogen (secondary N) is 2. The van der Waals surface area contributed by atoms with Crippen molar-refractivity contribution in [3.8, 4) is 23.6 Å². The van der Waals surface area contributed by atoms with Gasteiger partial charge in [0.25, 0.3) is 5.91 Å². The molecular weight excluding hydrogens is 428 g/mol. The number of rotatable bonds is 10. The number of ether oxygens (including phenoxy) is 3. The van der Waals surface area contributed by atoms with Gasteiger partial charge in [0.1, 0.15) is 12.0 Å². The van der Waals surface area contributed by atoms with Gasteiger partial charge in [-0.25, -0.2) is 0 Å². The van der Waals surface area contributed by atoms with Crippen LogP contribution in [0.3, 0.4) is 0 Å². The Labute approximate surface area is 191 Å². The van der Waals surface area contributed by atoms with Gasteiger partial charge in [-0.15, -0.1) is 0 Å². The summed E-state index contributed by atoms with van der Waals surface area (Å²) >= 11 is 0. The summed E-state index contributed by atoms with van der Waals surface area (Å²) in [6.45, 7) is 6.95. The zero-order valence-electron chi connectivity index (χ0n) is 19.3. The molecule has 1 amide bonds. The van der Waals surface area contributed by atoms with Crippen molar-refractivity contribution in [2.24, 2.45) is 5.73 Å². The number of methoxy groups -OCH3 is 2. The lowest BCUT2D eigenvalue weighted by molar-refractivity contribution is 0.102. The Kier molecular flexibility index (Phi) is 7.67. The highest BCUT2D eigenvalue weighted by Gasteiger charge is 2.22. The fraction of sp³-hybridized carbons (Fsp3) is 0.364. The number of nitrogens with two attached hydrogens (primary N) is 1. The minimum absolute atomic E-state index is 0.00268. The molecule has 3 rings (SSSR count). The van der Waals surface area contributed by atoms with E-state index in [0.717, 1.165) is 11.1 Å². The zero-order chi connectivity index (χ0) is 24.0. The number of carbonyl (C=O) groups is 1. The maximum absolute atomic E-state index is 12.8. The van der Waals surface area contributed by atoms with Crippen molar-refractivity contribution in [1.82, 2.24) is 15.0 Å². The largest absolute Gasteiger partial charge is 0.479 e. The maximum atomic E-state index is 12.8. The van der Waals surface area contributed by atoms with Gasteiger partial charge in [-0.2, -0.15) is 15.0 Å². The minimum atomic E-state index is -0.580. The van der Waals surface area contributed by atoms with Crippen molar-refractivity contribution < 1.29 is 23.4 Å². The van der Waals surface area contributed by atoms with Gasteiger partial charge >= 0.3 is 6.08 Å². The predicted molar refractivity (Wildman–Crippen MR) is 122 cm³/mol. The molecule has 0 saturated carbocycles. The molecule has 4 N–H and O–H groups in total. The topological polar surface area (TPSA) is 147 Å². The molecule has 11 nitrogen and oxygen atoms in total. The lowest BCUT2D eigenvalue weighted by Crippen LogP contribution is -2.18. The molecule has 0 bridgehead atoms. The fourth-order valence-corrected chi connectivity index (χ4v) is 2.85. The molecule has 0 saturated heterocycles. The minimum Gasteiger partial charge on any atom is -0.479 e. The Balaban J connectivity index is 1.79. The molecule has 176 valence electrons. The highest BCUT2D eigenvalue weighted by atomic mass is 16.6. The summed E-state index contributed by atoms with van der Waals surface area (Å²) in [5.74, 6) is 0.828. The van der Waals surface area contributed by atoms with Crippen LogP contribution in [-0.2, 0) is 0 Å². The van der Waals surface area contributed by atoms with E-state index in [2.05, 4.69) is 39.4 Å². The molecule has 0 aliphatic heterocycles. The van der Waals surface area contributed by atoms with Gasteiger partial charge < -0.3 is 35.0 Å². The lowest BCUT2D eigenvalue weighted by Gasteiger charge is -2.13. The molecule has 11 heteroatoms. The van der Waals surface area contributed by atoms with E-state index in [1.54, 1.807) is 0 Å². The third-order valence-corrected chi connectivity index (χ3v) is 4.69. The van der Waals surface area contributed by atoms with Crippen LogP contribution < -0.4 is 30.6 Å². The van der Waals surface area contributed by atoms with Crippen LogP contribution in [0.1, 0.15) is 41.4 Å². The third-order valence-electron chi connectivity index (χ3n) is 4.69. The van der Waals surface area contributed by atoms with E-state index in [9.17, 15) is 4.79 Å². The van der Waals surface area contributed by atoms with Gasteiger partial charge in [0, 0.05) is 13.1 Å². The number of nitrogens with zero attached hydrogens (tertiary/aromatic N) is 3. The lowest BCUT2D eigenvalue weighted by atomic mass is 10.0. The molecular formula is C22H28N6O5. The molecule has 2 aromatic heterocycles. The number of benzene rings is 1. The average Bonchev–Trinajstić information content (AvgIpc) is 3.28. The quantitative estimate of drug-likeness (QED) is 0.415. The van der Waals surface area contributed by atoms with Crippen molar-refractivity contribution >= 4 is 17.5 Å². The van der Waals surface area contributed by atoms with Crippen LogP contribution in [0.15, 0.2) is 28.9 Å². The average molecular weight is 457 g/mol. The monoisotopic (exact) mass is 456 g/mol. The molecule has 33 heavy (non-hydrogen) atoms. The van der Waals surface area contributed by atoms with E-state index in [0.29, 0.717) is 24.8 Å². The number of hydrogen-bond donors (Lipinski definition) is 3. The Morgan fingerprint density at radius 1 is 1.15 bits per heavy atom. The van der Waals surface area contributed by atoms with Gasteiger partial charge in [-0.1, -0.05) is 26.0 Å². The SMILES string of the molecule is COc1nc(NCCN)nc(OC)c1NC(=O)c1coc(Oc2cc(C(C)C)ccc2C)n1. The molecule has 0 unspecified atom stereocenters. The first-order chi connectivity index (χ1) is 15.9. The van der Waals surface area contributed by atoms with E-state index in [4.69, 9.17) is 24.4 Å². The number of anilines is 2. The van der Waals surface area contributed by atoms with Crippen molar-refractivity contribution in [2.75, 3.05) is 37.9 Å².